The number of nitrogens with one attached hydrogen (secondary N) is 2. The Kier molecular flexibility index (Phi) is 3.86. The van der Waals surface area contributed by atoms with Gasteiger partial charge in [0.1, 0.15) is 4.90 Å². The van der Waals surface area contributed by atoms with Crippen LogP contribution in [0.4, 0.5) is 11.6 Å². The van der Waals surface area contributed by atoms with Crippen molar-refractivity contribution in [2.45, 2.75) is 24.8 Å². The Labute approximate surface area is 116 Å². The summed E-state index contributed by atoms with van der Waals surface area (Å²) in [5.41, 5.74) is 2.60. The molecule has 2 heterocycles. The Morgan fingerprint density at radius 3 is 2.40 bits per heavy atom. The number of anilines is 2. The quantitative estimate of drug-likeness (QED) is 0.536. The maximum absolute atomic E-state index is 12.1. The number of nitrogens with zero attached hydrogens (tertiary/aromatic N) is 4. The molecule has 0 saturated heterocycles. The van der Waals surface area contributed by atoms with Crippen LogP contribution in [0.5, 0.6) is 0 Å². The van der Waals surface area contributed by atoms with Crippen LogP contribution in [0.3, 0.4) is 0 Å². The van der Waals surface area contributed by atoms with Gasteiger partial charge in [-0.1, -0.05) is 0 Å². The summed E-state index contributed by atoms with van der Waals surface area (Å²) in [5, 5.41) is 4.05. The summed E-state index contributed by atoms with van der Waals surface area (Å²) in [4.78, 5) is 7.44. The van der Waals surface area contributed by atoms with Crippen molar-refractivity contribution in [1.29, 1.82) is 0 Å². The SMILES string of the molecule is CC(C)n1cc(NS(=O)(=O)c2cnc(NN)nc2)cn1. The van der Waals surface area contributed by atoms with Crippen molar-refractivity contribution in [3.05, 3.63) is 24.8 Å². The van der Waals surface area contributed by atoms with E-state index in [9.17, 15) is 8.42 Å². The van der Waals surface area contributed by atoms with Gasteiger partial charge in [-0.3, -0.25) is 14.8 Å². The molecule has 9 nitrogen and oxygen atoms in total. The Bertz CT molecular complexity index is 678. The van der Waals surface area contributed by atoms with Gasteiger partial charge < -0.3 is 0 Å². The van der Waals surface area contributed by atoms with E-state index in [2.05, 4.69) is 25.2 Å². The van der Waals surface area contributed by atoms with Gasteiger partial charge in [0.05, 0.1) is 24.3 Å². The van der Waals surface area contributed by atoms with Gasteiger partial charge in [0.25, 0.3) is 10.0 Å². The third-order valence-electron chi connectivity index (χ3n) is 2.45. The highest BCUT2D eigenvalue weighted by Gasteiger charge is 2.16. The standard InChI is InChI=1S/C10H15N7O2S/c1-7(2)17-6-8(3-14-17)16-20(18,19)9-4-12-10(15-11)13-5-9/h3-7,16H,11H2,1-2H3,(H,12,13,15). The van der Waals surface area contributed by atoms with E-state index in [0.29, 0.717) is 5.69 Å². The fraction of sp³-hybridized carbons (Fsp3) is 0.300. The molecule has 0 saturated carbocycles. The Morgan fingerprint density at radius 1 is 1.25 bits per heavy atom. The second-order valence-electron chi connectivity index (χ2n) is 4.29. The molecule has 2 rings (SSSR count). The molecule has 0 bridgehead atoms. The zero-order chi connectivity index (χ0) is 14.8. The molecule has 10 heteroatoms. The van der Waals surface area contributed by atoms with Crippen molar-refractivity contribution >= 4 is 21.7 Å². The second-order valence-corrected chi connectivity index (χ2v) is 5.98. The summed E-state index contributed by atoms with van der Waals surface area (Å²) in [6.07, 6.45) is 5.38. The highest BCUT2D eigenvalue weighted by molar-refractivity contribution is 7.92. The van der Waals surface area contributed by atoms with Crippen molar-refractivity contribution in [3.8, 4) is 0 Å². The number of sulfonamides is 1. The van der Waals surface area contributed by atoms with E-state index < -0.39 is 10.0 Å². The van der Waals surface area contributed by atoms with Gasteiger partial charge in [0.15, 0.2) is 0 Å². The van der Waals surface area contributed by atoms with Gasteiger partial charge in [-0.15, -0.1) is 0 Å². The van der Waals surface area contributed by atoms with E-state index in [1.54, 1.807) is 10.9 Å². The minimum absolute atomic E-state index is 0.0613. The lowest BCUT2D eigenvalue weighted by atomic mass is 10.4. The number of nitrogen functional groups attached to an aromatic ring is 1. The summed E-state index contributed by atoms with van der Waals surface area (Å²) in [6, 6.07) is 0.145. The monoisotopic (exact) mass is 297 g/mol. The fourth-order valence-corrected chi connectivity index (χ4v) is 2.33. The van der Waals surface area contributed by atoms with Crippen LogP contribution in [0.15, 0.2) is 29.7 Å². The highest BCUT2D eigenvalue weighted by Crippen LogP contribution is 2.16. The number of hydrogen-bond donors (Lipinski definition) is 3. The minimum Gasteiger partial charge on any atom is -0.292 e. The predicted molar refractivity (Wildman–Crippen MR) is 73.3 cm³/mol. The molecule has 20 heavy (non-hydrogen) atoms. The molecule has 0 atom stereocenters. The zero-order valence-electron chi connectivity index (χ0n) is 11.0. The topological polar surface area (TPSA) is 128 Å². The lowest BCUT2D eigenvalue weighted by Crippen LogP contribution is -2.15. The summed E-state index contributed by atoms with van der Waals surface area (Å²) < 4.78 is 28.3. The van der Waals surface area contributed by atoms with Gasteiger partial charge >= 0.3 is 0 Å². The van der Waals surface area contributed by atoms with Crippen molar-refractivity contribution in [1.82, 2.24) is 19.7 Å². The maximum Gasteiger partial charge on any atom is 0.265 e. The van der Waals surface area contributed by atoms with Crippen molar-refractivity contribution in [3.63, 3.8) is 0 Å². The first-order valence-corrected chi connectivity index (χ1v) is 7.26. The van der Waals surface area contributed by atoms with Gasteiger partial charge in [-0.05, 0) is 13.8 Å². The normalized spacial score (nSPS) is 11.6. The summed E-state index contributed by atoms with van der Waals surface area (Å²) in [6.45, 7) is 3.88. The maximum atomic E-state index is 12.1. The minimum atomic E-state index is -3.75. The van der Waals surface area contributed by atoms with E-state index in [0.717, 1.165) is 12.4 Å². The Balaban J connectivity index is 2.21. The third-order valence-corrected chi connectivity index (χ3v) is 3.79. The van der Waals surface area contributed by atoms with Crippen LogP contribution in [0, 0.1) is 0 Å². The van der Waals surface area contributed by atoms with Crippen LogP contribution in [0.25, 0.3) is 0 Å². The molecule has 0 fully saturated rings. The molecule has 108 valence electrons. The molecule has 0 aliphatic carbocycles. The lowest BCUT2D eigenvalue weighted by molar-refractivity contribution is 0.532. The number of rotatable bonds is 5. The first kappa shape index (κ1) is 14.2. The smallest absolute Gasteiger partial charge is 0.265 e. The van der Waals surface area contributed by atoms with E-state index in [-0.39, 0.29) is 16.9 Å². The van der Waals surface area contributed by atoms with Crippen LogP contribution in [0.1, 0.15) is 19.9 Å². The number of hydrogen-bond acceptors (Lipinski definition) is 7. The average molecular weight is 297 g/mol. The van der Waals surface area contributed by atoms with Crippen LogP contribution in [0.2, 0.25) is 0 Å². The summed E-state index contributed by atoms with van der Waals surface area (Å²) in [5.74, 6) is 5.25. The second kappa shape index (κ2) is 5.43. The van der Waals surface area contributed by atoms with Crippen LogP contribution in [-0.4, -0.2) is 28.2 Å². The molecule has 0 amide bonds. The van der Waals surface area contributed by atoms with Crippen LogP contribution >= 0.6 is 0 Å². The van der Waals surface area contributed by atoms with E-state index in [1.807, 2.05) is 13.8 Å². The number of hydrazine groups is 1. The Hall–Kier alpha value is -2.20. The molecular weight excluding hydrogens is 282 g/mol. The molecule has 0 spiro atoms. The average Bonchev–Trinajstić information content (AvgIpc) is 2.87. The molecule has 0 radical (unpaired) electrons. The zero-order valence-corrected chi connectivity index (χ0v) is 11.8. The first-order chi connectivity index (χ1) is 9.42. The molecule has 0 aliphatic rings. The highest BCUT2D eigenvalue weighted by atomic mass is 32.2. The van der Waals surface area contributed by atoms with Crippen LogP contribution < -0.4 is 16.0 Å². The largest absolute Gasteiger partial charge is 0.292 e. The summed E-state index contributed by atoms with van der Waals surface area (Å²) >= 11 is 0. The fourth-order valence-electron chi connectivity index (χ4n) is 1.42. The van der Waals surface area contributed by atoms with Gasteiger partial charge in [-0.2, -0.15) is 5.10 Å². The number of nitrogens with two attached hydrogens (primary N) is 1. The molecule has 4 N–H and O–H groups in total. The molecule has 2 aromatic rings. The molecule has 2 aromatic heterocycles. The third kappa shape index (κ3) is 3.03. The van der Waals surface area contributed by atoms with Crippen molar-refractivity contribution in [2.75, 3.05) is 10.1 Å². The van der Waals surface area contributed by atoms with Crippen LogP contribution in [-0.2, 0) is 10.0 Å². The van der Waals surface area contributed by atoms with Crippen molar-refractivity contribution < 1.29 is 8.42 Å². The van der Waals surface area contributed by atoms with Gasteiger partial charge in [0, 0.05) is 12.2 Å². The molecule has 0 unspecified atom stereocenters. The predicted octanol–water partition coefficient (Wildman–Crippen LogP) is 0.340. The van der Waals surface area contributed by atoms with Crippen molar-refractivity contribution in [2.24, 2.45) is 5.84 Å². The first-order valence-electron chi connectivity index (χ1n) is 5.78. The van der Waals surface area contributed by atoms with Gasteiger partial charge in [0.2, 0.25) is 5.95 Å². The van der Waals surface area contributed by atoms with E-state index in [4.69, 9.17) is 5.84 Å². The summed E-state index contributed by atoms with van der Waals surface area (Å²) in [7, 11) is -3.75. The van der Waals surface area contributed by atoms with E-state index >= 15 is 0 Å². The lowest BCUT2D eigenvalue weighted by Gasteiger charge is -2.06. The molecule has 0 aliphatic heterocycles. The Morgan fingerprint density at radius 2 is 1.90 bits per heavy atom. The molecular formula is C10H15N7O2S. The molecule has 0 aromatic carbocycles. The van der Waals surface area contributed by atoms with Gasteiger partial charge in [-0.25, -0.2) is 24.2 Å². The van der Waals surface area contributed by atoms with E-state index in [1.165, 1.54) is 6.20 Å². The number of aromatic nitrogens is 4.